The molecule has 0 radical (unpaired) electrons. The summed E-state index contributed by atoms with van der Waals surface area (Å²) in [4.78, 5) is 22.8. The average molecular weight is 288 g/mol. The summed E-state index contributed by atoms with van der Waals surface area (Å²) in [6, 6.07) is 0. The van der Waals surface area contributed by atoms with Crippen molar-refractivity contribution in [1.29, 1.82) is 0 Å². The molecular weight excluding hydrogens is 260 g/mol. The molecule has 6 heteroatoms. The Morgan fingerprint density at radius 3 is 1.60 bits per heavy atom. The SMILES string of the molecule is CCCNC(=O)OCC(C)(CC)COC(=O)NCCC. The fraction of sp³-hybridized carbons (Fsp3) is 0.857. The summed E-state index contributed by atoms with van der Waals surface area (Å²) < 4.78 is 10.3. The molecule has 0 spiro atoms. The summed E-state index contributed by atoms with van der Waals surface area (Å²) in [6.07, 6.45) is 1.61. The zero-order chi connectivity index (χ0) is 15.4. The van der Waals surface area contributed by atoms with Crippen LogP contribution < -0.4 is 10.6 Å². The van der Waals surface area contributed by atoms with Crippen LogP contribution in [0.4, 0.5) is 9.59 Å². The molecule has 0 aromatic rings. The third-order valence-corrected chi connectivity index (χ3v) is 3.00. The Bertz CT molecular complexity index is 271. The van der Waals surface area contributed by atoms with Crippen LogP contribution in [0.3, 0.4) is 0 Å². The summed E-state index contributed by atoms with van der Waals surface area (Å²) in [7, 11) is 0. The number of alkyl carbamates (subject to hydrolysis) is 2. The lowest BCUT2D eigenvalue weighted by Crippen LogP contribution is -2.36. The summed E-state index contributed by atoms with van der Waals surface area (Å²) in [5.74, 6) is 0. The Balaban J connectivity index is 4.06. The molecule has 0 saturated heterocycles. The zero-order valence-corrected chi connectivity index (χ0v) is 13.1. The Kier molecular flexibility index (Phi) is 9.59. The highest BCUT2D eigenvalue weighted by Gasteiger charge is 2.26. The Labute approximate surface area is 121 Å². The van der Waals surface area contributed by atoms with Gasteiger partial charge in [0.15, 0.2) is 0 Å². The number of hydrogen-bond acceptors (Lipinski definition) is 4. The minimum Gasteiger partial charge on any atom is -0.449 e. The van der Waals surface area contributed by atoms with Crippen LogP contribution in [0.2, 0.25) is 0 Å². The highest BCUT2D eigenvalue weighted by Crippen LogP contribution is 2.22. The topological polar surface area (TPSA) is 76.7 Å². The van der Waals surface area contributed by atoms with Crippen molar-refractivity contribution in [2.24, 2.45) is 5.41 Å². The van der Waals surface area contributed by atoms with Crippen LogP contribution in [0.25, 0.3) is 0 Å². The van der Waals surface area contributed by atoms with E-state index in [-0.39, 0.29) is 18.6 Å². The average Bonchev–Trinajstić information content (AvgIpc) is 2.46. The second kappa shape index (κ2) is 10.3. The molecule has 6 nitrogen and oxygen atoms in total. The van der Waals surface area contributed by atoms with E-state index in [1.54, 1.807) is 0 Å². The summed E-state index contributed by atoms with van der Waals surface area (Å²) in [5.41, 5.74) is -0.368. The standard InChI is InChI=1S/C14H28N2O4/c1-5-8-15-12(17)19-10-14(4,7-3)11-20-13(18)16-9-6-2/h5-11H2,1-4H3,(H,15,17)(H,16,18). The Hall–Kier alpha value is -1.46. The van der Waals surface area contributed by atoms with Crippen LogP contribution in [0.5, 0.6) is 0 Å². The van der Waals surface area contributed by atoms with Crippen molar-refractivity contribution in [3.63, 3.8) is 0 Å². The lowest BCUT2D eigenvalue weighted by atomic mass is 9.90. The third-order valence-electron chi connectivity index (χ3n) is 3.00. The molecule has 0 aromatic carbocycles. The van der Waals surface area contributed by atoms with Gasteiger partial charge in [-0.3, -0.25) is 0 Å². The van der Waals surface area contributed by atoms with Crippen LogP contribution in [0.1, 0.15) is 47.0 Å². The van der Waals surface area contributed by atoms with Gasteiger partial charge < -0.3 is 20.1 Å². The normalized spacial score (nSPS) is 10.8. The summed E-state index contributed by atoms with van der Waals surface area (Å²) in [5, 5.41) is 5.28. The highest BCUT2D eigenvalue weighted by molar-refractivity contribution is 5.67. The molecule has 0 aliphatic heterocycles. The van der Waals surface area contributed by atoms with Gasteiger partial charge in [-0.1, -0.05) is 27.7 Å². The van der Waals surface area contributed by atoms with Crippen molar-refractivity contribution in [3.8, 4) is 0 Å². The maximum atomic E-state index is 11.4. The number of carbonyl (C=O) groups excluding carboxylic acids is 2. The van der Waals surface area contributed by atoms with Gasteiger partial charge in [0.2, 0.25) is 0 Å². The van der Waals surface area contributed by atoms with E-state index in [1.807, 2.05) is 27.7 Å². The first-order valence-electron chi connectivity index (χ1n) is 7.28. The Morgan fingerprint density at radius 1 is 0.900 bits per heavy atom. The van der Waals surface area contributed by atoms with Crippen LogP contribution in [0, 0.1) is 5.41 Å². The van der Waals surface area contributed by atoms with Gasteiger partial charge in [0.1, 0.15) is 13.2 Å². The van der Waals surface area contributed by atoms with Crippen LogP contribution in [0.15, 0.2) is 0 Å². The van der Waals surface area contributed by atoms with Gasteiger partial charge in [-0.2, -0.15) is 0 Å². The first-order chi connectivity index (χ1) is 9.47. The fourth-order valence-corrected chi connectivity index (χ4v) is 1.28. The van der Waals surface area contributed by atoms with Crippen molar-refractivity contribution in [1.82, 2.24) is 10.6 Å². The molecule has 2 amide bonds. The molecular formula is C14H28N2O4. The van der Waals surface area contributed by atoms with Gasteiger partial charge in [-0.25, -0.2) is 9.59 Å². The lowest BCUT2D eigenvalue weighted by Gasteiger charge is -2.27. The molecule has 0 aromatic heterocycles. The second-order valence-corrected chi connectivity index (χ2v) is 5.17. The van der Waals surface area contributed by atoms with Gasteiger partial charge in [-0.05, 0) is 19.3 Å². The first kappa shape index (κ1) is 18.5. The van der Waals surface area contributed by atoms with Gasteiger partial charge in [-0.15, -0.1) is 0 Å². The molecule has 0 aliphatic rings. The molecule has 0 fully saturated rings. The third kappa shape index (κ3) is 8.61. The van der Waals surface area contributed by atoms with Crippen molar-refractivity contribution >= 4 is 12.2 Å². The van der Waals surface area contributed by atoms with Gasteiger partial charge in [0.25, 0.3) is 0 Å². The molecule has 0 unspecified atom stereocenters. The molecule has 0 saturated carbocycles. The molecule has 0 rings (SSSR count). The molecule has 0 bridgehead atoms. The van der Waals surface area contributed by atoms with E-state index in [1.165, 1.54) is 0 Å². The minimum atomic E-state index is -0.429. The summed E-state index contributed by atoms with van der Waals surface area (Å²) in [6.45, 7) is 9.47. The van der Waals surface area contributed by atoms with Crippen molar-refractivity contribution in [2.45, 2.75) is 47.0 Å². The van der Waals surface area contributed by atoms with Gasteiger partial charge in [0, 0.05) is 18.5 Å². The Morgan fingerprint density at radius 2 is 1.30 bits per heavy atom. The molecule has 0 atom stereocenters. The number of rotatable bonds is 9. The van der Waals surface area contributed by atoms with Crippen molar-refractivity contribution in [2.75, 3.05) is 26.3 Å². The van der Waals surface area contributed by atoms with E-state index in [0.717, 1.165) is 19.3 Å². The van der Waals surface area contributed by atoms with Gasteiger partial charge >= 0.3 is 12.2 Å². The van der Waals surface area contributed by atoms with E-state index in [2.05, 4.69) is 10.6 Å². The van der Waals surface area contributed by atoms with E-state index in [9.17, 15) is 9.59 Å². The molecule has 2 N–H and O–H groups in total. The highest BCUT2D eigenvalue weighted by atomic mass is 16.6. The quantitative estimate of drug-likeness (QED) is 0.684. The molecule has 20 heavy (non-hydrogen) atoms. The van der Waals surface area contributed by atoms with Crippen LogP contribution >= 0.6 is 0 Å². The van der Waals surface area contributed by atoms with E-state index in [4.69, 9.17) is 9.47 Å². The van der Waals surface area contributed by atoms with Crippen LogP contribution in [-0.4, -0.2) is 38.5 Å². The van der Waals surface area contributed by atoms with Crippen molar-refractivity contribution < 1.29 is 19.1 Å². The zero-order valence-electron chi connectivity index (χ0n) is 13.1. The smallest absolute Gasteiger partial charge is 0.407 e. The lowest BCUT2D eigenvalue weighted by molar-refractivity contribution is 0.0344. The summed E-state index contributed by atoms with van der Waals surface area (Å²) >= 11 is 0. The van der Waals surface area contributed by atoms with E-state index in [0.29, 0.717) is 13.1 Å². The van der Waals surface area contributed by atoms with E-state index >= 15 is 0 Å². The molecule has 0 heterocycles. The predicted octanol–water partition coefficient (Wildman–Crippen LogP) is 2.68. The largest absolute Gasteiger partial charge is 0.449 e. The van der Waals surface area contributed by atoms with Crippen molar-refractivity contribution in [3.05, 3.63) is 0 Å². The monoisotopic (exact) mass is 288 g/mol. The maximum Gasteiger partial charge on any atom is 0.407 e. The number of hydrogen-bond donors (Lipinski definition) is 2. The predicted molar refractivity (Wildman–Crippen MR) is 77.7 cm³/mol. The number of ether oxygens (including phenoxy) is 2. The fourth-order valence-electron chi connectivity index (χ4n) is 1.28. The first-order valence-corrected chi connectivity index (χ1v) is 7.28. The van der Waals surface area contributed by atoms with E-state index < -0.39 is 12.2 Å². The van der Waals surface area contributed by atoms with Gasteiger partial charge in [0.05, 0.1) is 0 Å². The second-order valence-electron chi connectivity index (χ2n) is 5.17. The number of carbonyl (C=O) groups is 2. The maximum absolute atomic E-state index is 11.4. The minimum absolute atomic E-state index is 0.222. The number of amides is 2. The molecule has 0 aliphatic carbocycles. The molecule has 118 valence electrons. The van der Waals surface area contributed by atoms with Crippen LogP contribution in [-0.2, 0) is 9.47 Å². The number of nitrogens with one attached hydrogen (secondary N) is 2.